The summed E-state index contributed by atoms with van der Waals surface area (Å²) < 4.78 is 5.78. The second-order valence-electron chi connectivity index (χ2n) is 5.46. The van der Waals surface area contributed by atoms with Gasteiger partial charge in [0.25, 0.3) is 0 Å². The number of hydrogen-bond donors (Lipinski definition) is 1. The van der Waals surface area contributed by atoms with Crippen LogP contribution in [0, 0.1) is 5.92 Å². The molecule has 0 aromatic carbocycles. The molecule has 4 heteroatoms. The Morgan fingerprint density at radius 1 is 1.56 bits per heavy atom. The summed E-state index contributed by atoms with van der Waals surface area (Å²) in [5.41, 5.74) is 0. The molecule has 1 fully saturated rings. The van der Waals surface area contributed by atoms with Gasteiger partial charge in [-0.3, -0.25) is 10.1 Å². The van der Waals surface area contributed by atoms with Gasteiger partial charge in [-0.05, 0) is 31.4 Å². The molecular formula is C14H22N2O2. The quantitative estimate of drug-likeness (QED) is 0.869. The number of rotatable bonds is 5. The lowest BCUT2D eigenvalue weighted by Gasteiger charge is -2.17. The summed E-state index contributed by atoms with van der Waals surface area (Å²) in [7, 11) is 3.53. The monoisotopic (exact) mass is 250 g/mol. The molecule has 1 heterocycles. The van der Waals surface area contributed by atoms with Crippen molar-refractivity contribution in [2.24, 2.45) is 5.92 Å². The SMILES string of the molecule is CC(NCc1ccc(C2CC2C)o1)C(=O)N(C)C. The van der Waals surface area contributed by atoms with E-state index in [4.69, 9.17) is 4.42 Å². The van der Waals surface area contributed by atoms with Gasteiger partial charge in [0.05, 0.1) is 12.6 Å². The van der Waals surface area contributed by atoms with Crippen LogP contribution in [0.2, 0.25) is 0 Å². The molecule has 0 aliphatic heterocycles. The van der Waals surface area contributed by atoms with E-state index in [0.717, 1.165) is 17.4 Å². The lowest BCUT2D eigenvalue weighted by Crippen LogP contribution is -2.41. The fourth-order valence-electron chi connectivity index (χ4n) is 2.14. The van der Waals surface area contributed by atoms with Crippen molar-refractivity contribution in [3.05, 3.63) is 23.7 Å². The van der Waals surface area contributed by atoms with Crippen LogP contribution in [0.5, 0.6) is 0 Å². The molecule has 0 bridgehead atoms. The van der Waals surface area contributed by atoms with Crippen LogP contribution >= 0.6 is 0 Å². The zero-order valence-corrected chi connectivity index (χ0v) is 11.6. The minimum absolute atomic E-state index is 0.0811. The molecule has 18 heavy (non-hydrogen) atoms. The second kappa shape index (κ2) is 5.14. The predicted molar refractivity (Wildman–Crippen MR) is 70.2 cm³/mol. The molecule has 1 aromatic heterocycles. The maximum Gasteiger partial charge on any atom is 0.238 e. The predicted octanol–water partition coefficient (Wildman–Crippen LogP) is 1.97. The van der Waals surface area contributed by atoms with Crippen molar-refractivity contribution in [2.75, 3.05) is 14.1 Å². The Labute approximate surface area is 108 Å². The summed E-state index contributed by atoms with van der Waals surface area (Å²) in [6, 6.07) is 3.87. The first-order valence-electron chi connectivity index (χ1n) is 6.52. The fraction of sp³-hybridized carbons (Fsp3) is 0.643. The number of furan rings is 1. The maximum absolute atomic E-state index is 11.7. The molecule has 0 radical (unpaired) electrons. The zero-order chi connectivity index (χ0) is 13.3. The van der Waals surface area contributed by atoms with Crippen LogP contribution in [0.3, 0.4) is 0 Å². The third-order valence-corrected chi connectivity index (χ3v) is 3.55. The topological polar surface area (TPSA) is 45.5 Å². The van der Waals surface area contributed by atoms with Gasteiger partial charge in [-0.25, -0.2) is 0 Å². The maximum atomic E-state index is 11.7. The molecule has 2 rings (SSSR count). The largest absolute Gasteiger partial charge is 0.464 e. The van der Waals surface area contributed by atoms with Gasteiger partial charge in [-0.2, -0.15) is 0 Å². The van der Waals surface area contributed by atoms with Crippen LogP contribution in [0.25, 0.3) is 0 Å². The van der Waals surface area contributed by atoms with Gasteiger partial charge >= 0.3 is 0 Å². The number of carbonyl (C=O) groups is 1. The van der Waals surface area contributed by atoms with Crippen LogP contribution in [0.15, 0.2) is 16.5 Å². The van der Waals surface area contributed by atoms with Gasteiger partial charge in [-0.15, -0.1) is 0 Å². The number of hydrogen-bond acceptors (Lipinski definition) is 3. The van der Waals surface area contributed by atoms with Crippen LogP contribution in [-0.4, -0.2) is 30.9 Å². The van der Waals surface area contributed by atoms with Crippen molar-refractivity contribution in [1.82, 2.24) is 10.2 Å². The van der Waals surface area contributed by atoms with Gasteiger partial charge < -0.3 is 9.32 Å². The zero-order valence-electron chi connectivity index (χ0n) is 11.6. The average Bonchev–Trinajstić information content (AvgIpc) is 2.89. The average molecular weight is 250 g/mol. The van der Waals surface area contributed by atoms with Crippen LogP contribution in [0.1, 0.15) is 37.7 Å². The van der Waals surface area contributed by atoms with Gasteiger partial charge in [0.15, 0.2) is 0 Å². The first kappa shape index (κ1) is 13.1. The number of carbonyl (C=O) groups excluding carboxylic acids is 1. The second-order valence-corrected chi connectivity index (χ2v) is 5.46. The third kappa shape index (κ3) is 2.93. The van der Waals surface area contributed by atoms with E-state index in [0.29, 0.717) is 12.5 Å². The van der Waals surface area contributed by atoms with Crippen LogP contribution in [-0.2, 0) is 11.3 Å². The number of likely N-dealkylation sites (N-methyl/N-ethyl adjacent to an activating group) is 1. The molecule has 3 atom stereocenters. The Hall–Kier alpha value is -1.29. The van der Waals surface area contributed by atoms with E-state index in [-0.39, 0.29) is 11.9 Å². The summed E-state index contributed by atoms with van der Waals surface area (Å²) in [5, 5.41) is 3.18. The Morgan fingerprint density at radius 2 is 2.22 bits per heavy atom. The molecule has 1 aliphatic rings. The highest BCUT2D eigenvalue weighted by atomic mass is 16.3. The minimum Gasteiger partial charge on any atom is -0.464 e. The molecule has 4 nitrogen and oxygen atoms in total. The van der Waals surface area contributed by atoms with Gasteiger partial charge in [0, 0.05) is 20.0 Å². The molecule has 1 saturated carbocycles. The Kier molecular flexibility index (Phi) is 3.76. The summed E-state index contributed by atoms with van der Waals surface area (Å²) >= 11 is 0. The van der Waals surface area contributed by atoms with Crippen molar-refractivity contribution in [1.29, 1.82) is 0 Å². The van der Waals surface area contributed by atoms with E-state index in [2.05, 4.69) is 18.3 Å². The molecule has 1 N–H and O–H groups in total. The Morgan fingerprint density at radius 3 is 2.78 bits per heavy atom. The van der Waals surface area contributed by atoms with Gasteiger partial charge in [0.1, 0.15) is 11.5 Å². The molecule has 100 valence electrons. The molecule has 0 spiro atoms. The lowest BCUT2D eigenvalue weighted by molar-refractivity contribution is -0.130. The molecule has 1 amide bonds. The highest BCUT2D eigenvalue weighted by Crippen LogP contribution is 2.47. The van der Waals surface area contributed by atoms with Crippen LogP contribution < -0.4 is 5.32 Å². The van der Waals surface area contributed by atoms with Crippen molar-refractivity contribution in [2.45, 2.75) is 38.8 Å². The van der Waals surface area contributed by atoms with E-state index < -0.39 is 0 Å². The first-order chi connectivity index (χ1) is 8.49. The highest BCUT2D eigenvalue weighted by molar-refractivity contribution is 5.80. The number of nitrogens with one attached hydrogen (secondary N) is 1. The summed E-state index contributed by atoms with van der Waals surface area (Å²) in [6.07, 6.45) is 1.23. The summed E-state index contributed by atoms with van der Waals surface area (Å²) in [6.45, 7) is 4.71. The van der Waals surface area contributed by atoms with Crippen molar-refractivity contribution >= 4 is 5.91 Å². The minimum atomic E-state index is -0.187. The van der Waals surface area contributed by atoms with E-state index in [1.165, 1.54) is 6.42 Å². The number of nitrogens with zero attached hydrogens (tertiary/aromatic N) is 1. The highest BCUT2D eigenvalue weighted by Gasteiger charge is 2.36. The standard InChI is InChI=1S/C14H22N2O2/c1-9-7-12(9)13-6-5-11(18-13)8-15-10(2)14(17)16(3)4/h5-6,9-10,12,15H,7-8H2,1-4H3. The van der Waals surface area contributed by atoms with E-state index in [1.807, 2.05) is 13.0 Å². The van der Waals surface area contributed by atoms with E-state index >= 15 is 0 Å². The van der Waals surface area contributed by atoms with Gasteiger partial charge in [0.2, 0.25) is 5.91 Å². The van der Waals surface area contributed by atoms with Crippen molar-refractivity contribution < 1.29 is 9.21 Å². The Balaban J connectivity index is 1.83. The van der Waals surface area contributed by atoms with Gasteiger partial charge in [-0.1, -0.05) is 6.92 Å². The lowest BCUT2D eigenvalue weighted by atomic mass is 10.2. The van der Waals surface area contributed by atoms with Crippen LogP contribution in [0.4, 0.5) is 0 Å². The third-order valence-electron chi connectivity index (χ3n) is 3.55. The summed E-state index contributed by atoms with van der Waals surface area (Å²) in [5.74, 6) is 3.44. The normalized spacial score (nSPS) is 23.8. The first-order valence-corrected chi connectivity index (χ1v) is 6.52. The fourth-order valence-corrected chi connectivity index (χ4v) is 2.14. The molecule has 1 aliphatic carbocycles. The van der Waals surface area contributed by atoms with E-state index in [9.17, 15) is 4.79 Å². The molecule has 1 aromatic rings. The van der Waals surface area contributed by atoms with Crippen molar-refractivity contribution in [3.63, 3.8) is 0 Å². The summed E-state index contributed by atoms with van der Waals surface area (Å²) in [4.78, 5) is 13.3. The van der Waals surface area contributed by atoms with E-state index in [1.54, 1.807) is 19.0 Å². The molecular weight excluding hydrogens is 228 g/mol. The molecule has 3 unspecified atom stereocenters. The Bertz CT molecular complexity index is 425. The van der Waals surface area contributed by atoms with Crippen molar-refractivity contribution in [3.8, 4) is 0 Å². The molecule has 0 saturated heterocycles. The number of amides is 1. The smallest absolute Gasteiger partial charge is 0.238 e.